The van der Waals surface area contributed by atoms with Gasteiger partial charge in [-0.2, -0.15) is 0 Å². The molecule has 1 amide bonds. The van der Waals surface area contributed by atoms with Gasteiger partial charge < -0.3 is 16.4 Å². The molecule has 4 N–H and O–H groups in total. The number of nitrogens with one attached hydrogen (secondary N) is 2. The van der Waals surface area contributed by atoms with Crippen molar-refractivity contribution >= 4 is 17.5 Å². The van der Waals surface area contributed by atoms with Gasteiger partial charge in [0.1, 0.15) is 12.4 Å². The number of pyridine rings is 1. The van der Waals surface area contributed by atoms with Crippen LogP contribution in [0.5, 0.6) is 0 Å². The monoisotopic (exact) mass is 482 g/mol. The molecule has 0 fully saturated rings. The zero-order valence-corrected chi connectivity index (χ0v) is 20.4. The zero-order valence-electron chi connectivity index (χ0n) is 20.4. The summed E-state index contributed by atoms with van der Waals surface area (Å²) in [7, 11) is 0. The Kier molecular flexibility index (Phi) is 7.75. The van der Waals surface area contributed by atoms with Gasteiger partial charge >= 0.3 is 0 Å². The minimum atomic E-state index is -0.338. The Labute approximate surface area is 210 Å². The number of nitrogens with two attached hydrogens (primary N) is 1. The molecule has 0 saturated carbocycles. The lowest BCUT2D eigenvalue weighted by atomic mass is 9.91. The van der Waals surface area contributed by atoms with Crippen molar-refractivity contribution in [1.82, 2.24) is 19.9 Å². The quantitative estimate of drug-likeness (QED) is 0.337. The summed E-state index contributed by atoms with van der Waals surface area (Å²) in [5.74, 6) is 0.399. The Bertz CT molecular complexity index is 1350. The highest BCUT2D eigenvalue weighted by Crippen LogP contribution is 2.24. The molecular weight excluding hydrogens is 452 g/mol. The molecule has 0 atom stereocenters. The first-order valence-corrected chi connectivity index (χ1v) is 11.8. The van der Waals surface area contributed by atoms with Crippen LogP contribution in [0.25, 0.3) is 0 Å². The van der Waals surface area contributed by atoms with Crippen molar-refractivity contribution in [2.75, 3.05) is 17.6 Å². The van der Waals surface area contributed by atoms with Crippen molar-refractivity contribution in [2.45, 2.75) is 32.9 Å². The second kappa shape index (κ2) is 11.3. The summed E-state index contributed by atoms with van der Waals surface area (Å²) in [5.41, 5.74) is 9.85. The Morgan fingerprint density at radius 2 is 1.61 bits per heavy atom. The molecule has 2 aromatic heterocycles. The molecule has 2 heterocycles. The normalized spacial score (nSPS) is 10.9. The van der Waals surface area contributed by atoms with Gasteiger partial charge in [0.2, 0.25) is 5.91 Å². The highest BCUT2D eigenvalue weighted by Gasteiger charge is 2.17. The summed E-state index contributed by atoms with van der Waals surface area (Å²) in [6.07, 6.45) is 1.60. The molecule has 36 heavy (non-hydrogen) atoms. The number of hydrogen-bond donors (Lipinski definition) is 3. The zero-order chi connectivity index (χ0) is 25.5. The number of hydrogen-bond acceptors (Lipinski definition) is 6. The van der Waals surface area contributed by atoms with Crippen LogP contribution in [0.1, 0.15) is 34.0 Å². The molecule has 0 radical (unpaired) electrons. The highest BCUT2D eigenvalue weighted by atomic mass is 16.2. The molecule has 2 aromatic carbocycles. The van der Waals surface area contributed by atoms with Crippen molar-refractivity contribution in [2.24, 2.45) is 0 Å². The molecule has 8 heteroatoms. The number of anilines is 2. The number of nitrogen functional groups attached to an aromatic ring is 1. The number of carbonyl (C=O) groups excluding carboxylic acids is 1. The molecule has 0 aliphatic carbocycles. The Balaban J connectivity index is 1.47. The predicted molar refractivity (Wildman–Crippen MR) is 142 cm³/mol. The lowest BCUT2D eigenvalue weighted by molar-refractivity contribution is -0.121. The second-order valence-electron chi connectivity index (χ2n) is 8.65. The fraction of sp³-hybridized carbons (Fsp3) is 0.214. The summed E-state index contributed by atoms with van der Waals surface area (Å²) in [4.78, 5) is 34.4. The molecule has 0 unspecified atom stereocenters. The summed E-state index contributed by atoms with van der Waals surface area (Å²) in [6, 6.07) is 23.8. The van der Waals surface area contributed by atoms with Gasteiger partial charge in [0.05, 0.1) is 0 Å². The number of rotatable bonds is 9. The minimum absolute atomic E-state index is 0.0309. The van der Waals surface area contributed by atoms with Crippen molar-refractivity contribution in [3.63, 3.8) is 0 Å². The lowest BCUT2D eigenvalue weighted by Crippen LogP contribution is -2.35. The van der Waals surface area contributed by atoms with E-state index in [2.05, 4.69) is 44.9 Å². The van der Waals surface area contributed by atoms with Crippen LogP contribution in [0, 0.1) is 13.8 Å². The van der Waals surface area contributed by atoms with Crippen LogP contribution in [0.3, 0.4) is 0 Å². The topological polar surface area (TPSA) is 115 Å². The molecule has 4 aromatic rings. The first kappa shape index (κ1) is 24.7. The summed E-state index contributed by atoms with van der Waals surface area (Å²) >= 11 is 0. The van der Waals surface area contributed by atoms with E-state index in [1.165, 1.54) is 4.57 Å². The van der Waals surface area contributed by atoms with E-state index < -0.39 is 0 Å². The van der Waals surface area contributed by atoms with E-state index in [0.717, 1.165) is 22.4 Å². The van der Waals surface area contributed by atoms with Crippen LogP contribution in [0.15, 0.2) is 83.8 Å². The van der Waals surface area contributed by atoms with Crippen molar-refractivity contribution < 1.29 is 4.79 Å². The number of amides is 1. The minimum Gasteiger partial charge on any atom is -0.384 e. The van der Waals surface area contributed by atoms with Crippen LogP contribution in [-0.2, 0) is 17.9 Å². The standard InChI is InChI=1S/C28H30N6O2/c1-19-15-31-27(32-17-24(21-9-5-3-6-10-21)22-11-7-4-8-12-22)28(36)34(19)18-26(35)30-16-23-13-14-25(29)33-20(23)2/h3-15,24H,16-18H2,1-2H3,(H2,29,33)(H,30,35)(H,31,32). The smallest absolute Gasteiger partial charge is 0.293 e. The summed E-state index contributed by atoms with van der Waals surface area (Å²) in [6.45, 7) is 4.28. The van der Waals surface area contributed by atoms with E-state index in [4.69, 9.17) is 5.73 Å². The van der Waals surface area contributed by atoms with E-state index in [1.54, 1.807) is 19.2 Å². The third-order valence-electron chi connectivity index (χ3n) is 6.13. The second-order valence-corrected chi connectivity index (χ2v) is 8.65. The SMILES string of the molecule is Cc1nc(N)ccc1CNC(=O)Cn1c(C)cnc(NCC(c2ccccc2)c2ccccc2)c1=O. The summed E-state index contributed by atoms with van der Waals surface area (Å²) in [5, 5.41) is 6.08. The number of aromatic nitrogens is 3. The Morgan fingerprint density at radius 3 is 2.22 bits per heavy atom. The third-order valence-corrected chi connectivity index (χ3v) is 6.13. The maximum atomic E-state index is 13.2. The van der Waals surface area contributed by atoms with Gasteiger partial charge in [-0.15, -0.1) is 0 Å². The fourth-order valence-electron chi connectivity index (χ4n) is 4.08. The fourth-order valence-corrected chi connectivity index (χ4v) is 4.08. The number of carbonyl (C=O) groups is 1. The lowest BCUT2D eigenvalue weighted by Gasteiger charge is -2.19. The summed E-state index contributed by atoms with van der Waals surface area (Å²) < 4.78 is 1.43. The van der Waals surface area contributed by atoms with Crippen LogP contribution < -0.4 is 21.9 Å². The number of nitrogens with zero attached hydrogens (tertiary/aromatic N) is 3. The molecule has 184 valence electrons. The first-order chi connectivity index (χ1) is 17.4. The van der Waals surface area contributed by atoms with Gasteiger partial charge in [-0.3, -0.25) is 14.2 Å². The number of aryl methyl sites for hydroxylation is 2. The van der Waals surface area contributed by atoms with Gasteiger partial charge in [0.15, 0.2) is 5.82 Å². The molecule has 4 rings (SSSR count). The Morgan fingerprint density at radius 1 is 0.972 bits per heavy atom. The van der Waals surface area contributed by atoms with E-state index in [1.807, 2.05) is 49.4 Å². The van der Waals surface area contributed by atoms with Crippen LogP contribution in [-0.4, -0.2) is 27.0 Å². The van der Waals surface area contributed by atoms with Gasteiger partial charge in [-0.1, -0.05) is 66.7 Å². The van der Waals surface area contributed by atoms with Gasteiger partial charge in [-0.25, -0.2) is 9.97 Å². The highest BCUT2D eigenvalue weighted by molar-refractivity contribution is 5.75. The van der Waals surface area contributed by atoms with E-state index in [-0.39, 0.29) is 29.7 Å². The Hall–Kier alpha value is -4.46. The van der Waals surface area contributed by atoms with Gasteiger partial charge in [-0.05, 0) is 36.6 Å². The predicted octanol–water partition coefficient (Wildman–Crippen LogP) is 3.40. The van der Waals surface area contributed by atoms with Crippen molar-refractivity contribution in [3.8, 4) is 0 Å². The molecule has 0 saturated heterocycles. The average Bonchev–Trinajstić information content (AvgIpc) is 2.88. The van der Waals surface area contributed by atoms with Crippen LogP contribution >= 0.6 is 0 Å². The van der Waals surface area contributed by atoms with E-state index in [9.17, 15) is 9.59 Å². The average molecular weight is 483 g/mol. The molecule has 0 bridgehead atoms. The maximum absolute atomic E-state index is 13.2. The van der Waals surface area contributed by atoms with Gasteiger partial charge in [0.25, 0.3) is 5.56 Å². The number of benzene rings is 2. The molecule has 8 nitrogen and oxygen atoms in total. The van der Waals surface area contributed by atoms with Crippen molar-refractivity contribution in [1.29, 1.82) is 0 Å². The van der Waals surface area contributed by atoms with Crippen LogP contribution in [0.2, 0.25) is 0 Å². The van der Waals surface area contributed by atoms with E-state index >= 15 is 0 Å². The molecular formula is C28H30N6O2. The van der Waals surface area contributed by atoms with Crippen molar-refractivity contribution in [3.05, 3.63) is 117 Å². The maximum Gasteiger partial charge on any atom is 0.293 e. The third kappa shape index (κ3) is 5.96. The van der Waals surface area contributed by atoms with Gasteiger partial charge in [0, 0.05) is 36.6 Å². The van der Waals surface area contributed by atoms with Crippen LogP contribution in [0.4, 0.5) is 11.6 Å². The largest absolute Gasteiger partial charge is 0.384 e. The first-order valence-electron chi connectivity index (χ1n) is 11.8. The molecule has 0 spiro atoms. The molecule has 0 aliphatic rings. The molecule has 0 aliphatic heterocycles. The van der Waals surface area contributed by atoms with E-state index in [0.29, 0.717) is 24.6 Å².